The quantitative estimate of drug-likeness (QED) is 0.276. The Hall–Kier alpha value is -1.08. The third kappa shape index (κ3) is 4.51. The summed E-state index contributed by atoms with van der Waals surface area (Å²) in [6.45, 7) is 15.2. The van der Waals surface area contributed by atoms with Gasteiger partial charge in [0.15, 0.2) is 12.1 Å². The third-order valence-corrected chi connectivity index (χ3v) is 12.9. The van der Waals surface area contributed by atoms with E-state index in [1.54, 1.807) is 33.6 Å². The highest BCUT2D eigenvalue weighted by Crippen LogP contribution is 2.73. The zero-order valence-electron chi connectivity index (χ0n) is 26.2. The number of rotatable bonds is 9. The zero-order chi connectivity index (χ0) is 29.2. The number of allylic oxidation sites excluding steroid dienone is 2. The summed E-state index contributed by atoms with van der Waals surface area (Å²) in [6, 6.07) is 0. The predicted octanol–water partition coefficient (Wildman–Crippen LogP) is 6.14. The summed E-state index contributed by atoms with van der Waals surface area (Å²) in [4.78, 5) is 26.4. The fourth-order valence-electron chi connectivity index (χ4n) is 9.96. The Balaban J connectivity index is 1.69. The van der Waals surface area contributed by atoms with E-state index < -0.39 is 18.0 Å². The summed E-state index contributed by atoms with van der Waals surface area (Å²) in [5.74, 6) is 1.12. The number of aliphatic hydroxyl groups is 1. The average molecular weight is 547 g/mol. The first kappa shape index (κ1) is 30.9. The standard InChI is InChI=1S/C33H54O6/c1-29(2)25-12-11-23-22(31(25,5)16-15-26(29)35)14-18-32(6)21(13-17-33(23,32)7)20(28(37-8)38-9)19-24(34)27(36)30(3,4)39-10/h11,20-22,25,27-28,36H,12-19H2,1-10H3/t20-,21-,22-,25-,27+,31+,32-,33+/m0/s1. The van der Waals surface area contributed by atoms with Crippen molar-refractivity contribution in [2.24, 2.45) is 45.3 Å². The number of hydrogen-bond donors (Lipinski definition) is 1. The molecule has 4 aliphatic carbocycles. The number of fused-ring (bicyclic) bond motifs is 5. The summed E-state index contributed by atoms with van der Waals surface area (Å²) in [7, 11) is 4.81. The Morgan fingerprint density at radius 2 is 1.69 bits per heavy atom. The smallest absolute Gasteiger partial charge is 0.164 e. The van der Waals surface area contributed by atoms with Crippen molar-refractivity contribution in [1.82, 2.24) is 0 Å². The van der Waals surface area contributed by atoms with Crippen LogP contribution in [0.25, 0.3) is 0 Å². The summed E-state index contributed by atoms with van der Waals surface area (Å²) in [5, 5.41) is 10.9. The van der Waals surface area contributed by atoms with Crippen molar-refractivity contribution < 1.29 is 28.9 Å². The van der Waals surface area contributed by atoms with Crippen molar-refractivity contribution in [3.8, 4) is 0 Å². The van der Waals surface area contributed by atoms with Crippen LogP contribution in [0.1, 0.15) is 99.8 Å². The molecule has 3 saturated carbocycles. The normalized spacial score (nSPS) is 39.4. The van der Waals surface area contributed by atoms with Crippen LogP contribution in [0.4, 0.5) is 0 Å². The molecule has 3 fully saturated rings. The first-order valence-corrected chi connectivity index (χ1v) is 15.1. The lowest BCUT2D eigenvalue weighted by Gasteiger charge is -2.63. The maximum atomic E-state index is 13.4. The number of carbonyl (C=O) groups is 2. The lowest BCUT2D eigenvalue weighted by molar-refractivity contribution is -0.176. The second kappa shape index (κ2) is 10.3. The number of methoxy groups -OCH3 is 3. The number of carbonyl (C=O) groups excluding carboxylic acids is 2. The Labute approximate surface area is 236 Å². The van der Waals surface area contributed by atoms with E-state index in [0.29, 0.717) is 24.0 Å². The summed E-state index contributed by atoms with van der Waals surface area (Å²) < 4.78 is 17.1. The molecule has 222 valence electrons. The summed E-state index contributed by atoms with van der Waals surface area (Å²) in [5.41, 5.74) is 0.480. The highest BCUT2D eigenvalue weighted by molar-refractivity contribution is 5.85. The van der Waals surface area contributed by atoms with E-state index in [2.05, 4.69) is 40.7 Å². The molecule has 0 aromatic carbocycles. The van der Waals surface area contributed by atoms with Gasteiger partial charge >= 0.3 is 0 Å². The SMILES string of the molecule is COC(OC)[C@@H](CC(=O)[C@@H](O)C(C)(C)OC)[C@@H]1CC[C@]2(C)C3=CC[C@H]4C(C)(C)C(=O)CC[C@]4(C)[C@H]3CC[C@@]12C. The average Bonchev–Trinajstić information content (AvgIpc) is 3.17. The van der Waals surface area contributed by atoms with E-state index >= 15 is 0 Å². The van der Waals surface area contributed by atoms with Gasteiger partial charge in [-0.25, -0.2) is 0 Å². The van der Waals surface area contributed by atoms with Crippen molar-refractivity contribution in [2.75, 3.05) is 21.3 Å². The van der Waals surface area contributed by atoms with Crippen LogP contribution in [0.2, 0.25) is 0 Å². The number of hydrogen-bond acceptors (Lipinski definition) is 6. The van der Waals surface area contributed by atoms with Crippen molar-refractivity contribution >= 4 is 11.6 Å². The molecule has 6 heteroatoms. The first-order chi connectivity index (χ1) is 18.0. The van der Waals surface area contributed by atoms with Gasteiger partial charge in [0, 0.05) is 45.5 Å². The van der Waals surface area contributed by atoms with E-state index in [4.69, 9.17) is 14.2 Å². The third-order valence-electron chi connectivity index (χ3n) is 12.9. The van der Waals surface area contributed by atoms with Crippen LogP contribution in [0.15, 0.2) is 11.6 Å². The Bertz CT molecular complexity index is 994. The van der Waals surface area contributed by atoms with Gasteiger partial charge in [-0.3, -0.25) is 9.59 Å². The topological polar surface area (TPSA) is 82.1 Å². The summed E-state index contributed by atoms with van der Waals surface area (Å²) >= 11 is 0. The number of ketones is 2. The second-order valence-electron chi connectivity index (χ2n) is 15.0. The molecule has 4 rings (SSSR count). The maximum Gasteiger partial charge on any atom is 0.164 e. The molecule has 0 radical (unpaired) electrons. The Morgan fingerprint density at radius 3 is 2.28 bits per heavy atom. The lowest BCUT2D eigenvalue weighted by Crippen LogP contribution is -2.57. The second-order valence-corrected chi connectivity index (χ2v) is 15.0. The highest BCUT2D eigenvalue weighted by Gasteiger charge is 2.66. The Morgan fingerprint density at radius 1 is 1.05 bits per heavy atom. The van der Waals surface area contributed by atoms with Crippen LogP contribution >= 0.6 is 0 Å². The van der Waals surface area contributed by atoms with E-state index in [9.17, 15) is 14.7 Å². The molecular weight excluding hydrogens is 492 g/mol. The van der Waals surface area contributed by atoms with Gasteiger partial charge in [0.2, 0.25) is 0 Å². The fourth-order valence-corrected chi connectivity index (χ4v) is 9.96. The van der Waals surface area contributed by atoms with Gasteiger partial charge in [-0.05, 0) is 86.4 Å². The van der Waals surface area contributed by atoms with Crippen molar-refractivity contribution in [1.29, 1.82) is 0 Å². The zero-order valence-corrected chi connectivity index (χ0v) is 26.2. The molecule has 0 aromatic heterocycles. The first-order valence-electron chi connectivity index (χ1n) is 15.1. The van der Waals surface area contributed by atoms with Gasteiger partial charge in [0.1, 0.15) is 11.9 Å². The van der Waals surface area contributed by atoms with Crippen LogP contribution in [-0.2, 0) is 23.8 Å². The number of ether oxygens (including phenoxy) is 3. The molecule has 4 aliphatic rings. The van der Waals surface area contributed by atoms with E-state index in [0.717, 1.165) is 38.5 Å². The highest BCUT2D eigenvalue weighted by atomic mass is 16.7. The van der Waals surface area contributed by atoms with Crippen LogP contribution in [0.5, 0.6) is 0 Å². The minimum Gasteiger partial charge on any atom is -0.382 e. The van der Waals surface area contributed by atoms with Gasteiger partial charge < -0.3 is 19.3 Å². The van der Waals surface area contributed by atoms with Crippen LogP contribution in [-0.4, -0.2) is 56.0 Å². The van der Waals surface area contributed by atoms with Crippen molar-refractivity contribution in [3.63, 3.8) is 0 Å². The molecule has 0 saturated heterocycles. The van der Waals surface area contributed by atoms with Gasteiger partial charge in [0.25, 0.3) is 0 Å². The van der Waals surface area contributed by atoms with Crippen LogP contribution in [0, 0.1) is 45.3 Å². The van der Waals surface area contributed by atoms with E-state index in [1.807, 2.05) is 0 Å². The van der Waals surface area contributed by atoms with Crippen molar-refractivity contribution in [2.45, 2.75) is 118 Å². The molecule has 0 spiro atoms. The molecular formula is C33H54O6. The van der Waals surface area contributed by atoms with Crippen LogP contribution < -0.4 is 0 Å². The molecule has 0 unspecified atom stereocenters. The van der Waals surface area contributed by atoms with E-state index in [1.165, 1.54) is 7.11 Å². The fraction of sp³-hybridized carbons (Fsp3) is 0.879. The molecule has 1 N–H and O–H groups in total. The van der Waals surface area contributed by atoms with Gasteiger partial charge in [-0.15, -0.1) is 0 Å². The monoisotopic (exact) mass is 546 g/mol. The van der Waals surface area contributed by atoms with Gasteiger partial charge in [-0.1, -0.05) is 46.3 Å². The lowest BCUT2D eigenvalue weighted by atomic mass is 9.41. The molecule has 0 amide bonds. The number of aliphatic hydroxyl groups excluding tert-OH is 1. The van der Waals surface area contributed by atoms with Gasteiger partial charge in [-0.2, -0.15) is 0 Å². The predicted molar refractivity (Wildman–Crippen MR) is 152 cm³/mol. The van der Waals surface area contributed by atoms with Crippen LogP contribution in [0.3, 0.4) is 0 Å². The minimum absolute atomic E-state index is 0.0118. The molecule has 8 atom stereocenters. The largest absolute Gasteiger partial charge is 0.382 e. The van der Waals surface area contributed by atoms with Gasteiger partial charge in [0.05, 0.1) is 5.60 Å². The van der Waals surface area contributed by atoms with E-state index in [-0.39, 0.29) is 45.7 Å². The molecule has 0 aromatic rings. The molecule has 0 aliphatic heterocycles. The molecule has 0 bridgehead atoms. The summed E-state index contributed by atoms with van der Waals surface area (Å²) in [6.07, 6.45) is 7.85. The Kier molecular flexibility index (Phi) is 8.17. The molecule has 0 heterocycles. The minimum atomic E-state index is -1.22. The molecule has 39 heavy (non-hydrogen) atoms. The number of Topliss-reactive ketones (excluding diaryl/α,β-unsaturated/α-hetero) is 2. The van der Waals surface area contributed by atoms with Crippen molar-refractivity contribution in [3.05, 3.63) is 11.6 Å². The maximum absolute atomic E-state index is 13.4. The molecule has 6 nitrogen and oxygen atoms in total.